The molecule has 9 nitrogen and oxygen atoms in total. The maximum absolute atomic E-state index is 13.4. The van der Waals surface area contributed by atoms with Crippen LogP contribution in [-0.4, -0.2) is 49.7 Å². The van der Waals surface area contributed by atoms with Gasteiger partial charge < -0.3 is 18.9 Å². The summed E-state index contributed by atoms with van der Waals surface area (Å²) in [6.45, 7) is -0.0853. The lowest BCUT2D eigenvalue weighted by Crippen LogP contribution is -2.54. The van der Waals surface area contributed by atoms with Crippen LogP contribution < -0.4 is 19.7 Å². The van der Waals surface area contributed by atoms with Gasteiger partial charge in [-0.15, -0.1) is 0 Å². The maximum atomic E-state index is 13.4. The molecular formula is C21H19F4NO8S. The van der Waals surface area contributed by atoms with Crippen molar-refractivity contribution in [3.8, 4) is 17.2 Å². The van der Waals surface area contributed by atoms with Gasteiger partial charge in [0.2, 0.25) is 0 Å². The van der Waals surface area contributed by atoms with Crippen LogP contribution in [0, 0.1) is 0 Å². The van der Waals surface area contributed by atoms with Gasteiger partial charge in [0.15, 0.2) is 26.1 Å². The number of amides is 1. The summed E-state index contributed by atoms with van der Waals surface area (Å²) in [5, 5.41) is 9.10. The first-order valence-corrected chi connectivity index (χ1v) is 11.7. The number of hydrogen-bond donors (Lipinski definition) is 2. The normalized spacial score (nSPS) is 20.0. The molecule has 0 aliphatic carbocycles. The lowest BCUT2D eigenvalue weighted by Gasteiger charge is -2.34. The third-order valence-corrected chi connectivity index (χ3v) is 8.21. The molecule has 2 aromatic rings. The van der Waals surface area contributed by atoms with Crippen LogP contribution in [0.25, 0.3) is 0 Å². The third-order valence-electron chi connectivity index (χ3n) is 5.70. The molecule has 190 valence electrons. The van der Waals surface area contributed by atoms with Gasteiger partial charge in [0.05, 0.1) is 4.90 Å². The van der Waals surface area contributed by atoms with Crippen molar-refractivity contribution >= 4 is 15.7 Å². The van der Waals surface area contributed by atoms with Crippen LogP contribution in [0.15, 0.2) is 47.4 Å². The van der Waals surface area contributed by atoms with Gasteiger partial charge in [-0.25, -0.2) is 13.9 Å². The second-order valence-electron chi connectivity index (χ2n) is 7.83. The largest absolute Gasteiger partial charge is 0.507 e. The molecule has 14 heteroatoms. The number of fused-ring (bicyclic) bond motifs is 1. The van der Waals surface area contributed by atoms with E-state index in [1.54, 1.807) is 0 Å². The van der Waals surface area contributed by atoms with Gasteiger partial charge in [-0.1, -0.05) is 12.1 Å². The summed E-state index contributed by atoms with van der Waals surface area (Å²) >= 11 is 0. The fraction of sp³-hybridized carbons (Fsp3) is 0.381. The van der Waals surface area contributed by atoms with E-state index in [9.17, 15) is 30.8 Å². The van der Waals surface area contributed by atoms with Crippen molar-refractivity contribution in [2.45, 2.75) is 41.3 Å². The number of rotatable bonds is 6. The number of benzene rings is 2. The monoisotopic (exact) mass is 521 g/mol. The summed E-state index contributed by atoms with van der Waals surface area (Å²) in [5.41, 5.74) is 1.91. The summed E-state index contributed by atoms with van der Waals surface area (Å²) < 4.78 is 96.5. The molecule has 0 aromatic heterocycles. The maximum Gasteiger partial charge on any atom is 0.507 e. The highest BCUT2D eigenvalue weighted by molar-refractivity contribution is 7.93. The van der Waals surface area contributed by atoms with Crippen molar-refractivity contribution in [2.24, 2.45) is 0 Å². The quantitative estimate of drug-likeness (QED) is 0.338. The number of hydroxylamine groups is 1. The van der Waals surface area contributed by atoms with Crippen molar-refractivity contribution in [3.05, 3.63) is 48.0 Å². The van der Waals surface area contributed by atoms with Crippen LogP contribution in [0.5, 0.6) is 17.2 Å². The third kappa shape index (κ3) is 4.36. The molecule has 0 spiro atoms. The molecule has 2 aliphatic heterocycles. The first-order chi connectivity index (χ1) is 16.4. The molecule has 1 amide bonds. The van der Waals surface area contributed by atoms with Crippen LogP contribution in [-0.2, 0) is 26.0 Å². The van der Waals surface area contributed by atoms with E-state index in [0.717, 1.165) is 12.1 Å². The van der Waals surface area contributed by atoms with Gasteiger partial charge in [-0.2, -0.15) is 17.6 Å². The standard InChI is InChI=1S/C21H19F4NO8S/c22-20(23)21(24,25)34-17-11-14(3-6-16(17)33-20)32-12-13-1-4-15(5-2-13)35(29,30)19(18(27)26-28)7-9-31-10-8-19/h1-6,11,28H,7-10,12H2,(H,26,27). The zero-order valence-corrected chi connectivity index (χ0v) is 18.6. The molecule has 1 saturated heterocycles. The Kier molecular flexibility index (Phi) is 6.32. The van der Waals surface area contributed by atoms with E-state index in [-0.39, 0.29) is 43.3 Å². The number of carbonyl (C=O) groups excluding carboxylic acids is 1. The van der Waals surface area contributed by atoms with Crippen molar-refractivity contribution in [1.82, 2.24) is 5.48 Å². The molecule has 0 bridgehead atoms. The highest BCUT2D eigenvalue weighted by Gasteiger charge is 2.66. The van der Waals surface area contributed by atoms with Crippen molar-refractivity contribution < 1.29 is 54.9 Å². The van der Waals surface area contributed by atoms with Crippen molar-refractivity contribution in [2.75, 3.05) is 13.2 Å². The topological polar surface area (TPSA) is 120 Å². The number of halogens is 4. The number of carbonyl (C=O) groups is 1. The SMILES string of the molecule is O=C(NO)C1(S(=O)(=O)c2ccc(COc3ccc4c(c3)OC(F)(F)C(F)(F)O4)cc2)CCOCC1. The Balaban J connectivity index is 1.48. The Labute approximate surface area is 196 Å². The molecule has 0 unspecified atom stereocenters. The summed E-state index contributed by atoms with van der Waals surface area (Å²) in [5.74, 6) is -2.26. The molecule has 2 heterocycles. The van der Waals surface area contributed by atoms with Crippen LogP contribution in [0.1, 0.15) is 18.4 Å². The molecule has 35 heavy (non-hydrogen) atoms. The van der Waals surface area contributed by atoms with E-state index in [1.165, 1.54) is 35.8 Å². The van der Waals surface area contributed by atoms with Crippen LogP contribution in [0.2, 0.25) is 0 Å². The smallest absolute Gasteiger partial charge is 0.489 e. The molecule has 0 atom stereocenters. The highest BCUT2D eigenvalue weighted by Crippen LogP contribution is 2.48. The van der Waals surface area contributed by atoms with E-state index >= 15 is 0 Å². The zero-order chi connectivity index (χ0) is 25.5. The fourth-order valence-electron chi connectivity index (χ4n) is 3.72. The Hall–Kier alpha value is -3.10. The van der Waals surface area contributed by atoms with Gasteiger partial charge in [0.25, 0.3) is 5.91 Å². The number of nitrogens with one attached hydrogen (secondary N) is 1. The minimum Gasteiger partial charge on any atom is -0.489 e. The lowest BCUT2D eigenvalue weighted by molar-refractivity contribution is -0.391. The van der Waals surface area contributed by atoms with Gasteiger partial charge in [-0.3, -0.25) is 10.0 Å². The molecule has 2 aliphatic rings. The zero-order valence-electron chi connectivity index (χ0n) is 17.8. The second kappa shape index (κ2) is 8.84. The first-order valence-electron chi connectivity index (χ1n) is 10.2. The van der Waals surface area contributed by atoms with Crippen molar-refractivity contribution in [3.63, 3.8) is 0 Å². The first kappa shape index (κ1) is 25.0. The number of sulfone groups is 1. The van der Waals surface area contributed by atoms with E-state index in [4.69, 9.17) is 14.7 Å². The summed E-state index contributed by atoms with van der Waals surface area (Å²) in [6.07, 6.45) is -9.97. The number of ether oxygens (including phenoxy) is 4. The Morgan fingerprint density at radius 3 is 2.17 bits per heavy atom. The summed E-state index contributed by atoms with van der Waals surface area (Å²) in [7, 11) is -4.21. The van der Waals surface area contributed by atoms with E-state index in [2.05, 4.69) is 9.47 Å². The Bertz CT molecular complexity index is 1210. The predicted octanol–water partition coefficient (Wildman–Crippen LogP) is 3.05. The van der Waals surface area contributed by atoms with E-state index in [1.807, 2.05) is 0 Å². The molecule has 1 fully saturated rings. The Morgan fingerprint density at radius 1 is 0.971 bits per heavy atom. The molecule has 4 rings (SSSR count). The van der Waals surface area contributed by atoms with Crippen LogP contribution >= 0.6 is 0 Å². The summed E-state index contributed by atoms with van der Waals surface area (Å²) in [6, 6.07) is 8.53. The number of hydrogen-bond acceptors (Lipinski definition) is 8. The minimum atomic E-state index is -4.87. The van der Waals surface area contributed by atoms with E-state index < -0.39 is 44.2 Å². The average molecular weight is 521 g/mol. The average Bonchev–Trinajstić information content (AvgIpc) is 2.83. The van der Waals surface area contributed by atoms with Crippen molar-refractivity contribution in [1.29, 1.82) is 0 Å². The number of alkyl halides is 4. The Morgan fingerprint density at radius 2 is 1.57 bits per heavy atom. The highest BCUT2D eigenvalue weighted by atomic mass is 32.2. The molecule has 2 N–H and O–H groups in total. The molecule has 2 aromatic carbocycles. The van der Waals surface area contributed by atoms with E-state index in [0.29, 0.717) is 5.56 Å². The van der Waals surface area contributed by atoms with Gasteiger partial charge in [0, 0.05) is 19.3 Å². The van der Waals surface area contributed by atoms with Gasteiger partial charge in [0.1, 0.15) is 12.4 Å². The minimum absolute atomic E-state index is 0.00541. The molecular weight excluding hydrogens is 502 g/mol. The second-order valence-corrected chi connectivity index (χ2v) is 10.1. The predicted molar refractivity (Wildman–Crippen MR) is 108 cm³/mol. The summed E-state index contributed by atoms with van der Waals surface area (Å²) in [4.78, 5) is 12.1. The molecule has 0 saturated carbocycles. The lowest BCUT2D eigenvalue weighted by atomic mass is 9.98. The molecule has 0 radical (unpaired) electrons. The van der Waals surface area contributed by atoms with Gasteiger partial charge in [-0.05, 0) is 42.7 Å². The van der Waals surface area contributed by atoms with Crippen LogP contribution in [0.4, 0.5) is 17.6 Å². The van der Waals surface area contributed by atoms with Gasteiger partial charge >= 0.3 is 12.2 Å². The van der Waals surface area contributed by atoms with Crippen LogP contribution in [0.3, 0.4) is 0 Å². The fourth-order valence-corrected chi connectivity index (χ4v) is 5.65.